The van der Waals surface area contributed by atoms with Gasteiger partial charge in [0.1, 0.15) is 0 Å². The van der Waals surface area contributed by atoms with E-state index in [2.05, 4.69) is 0 Å². The SMILES string of the molecule is Cc1cc2c(cc1C)[n+]([O-])c1c(O)cccc1[n+]2[O-]. The molecule has 1 aromatic heterocycles. The number of benzene rings is 2. The summed E-state index contributed by atoms with van der Waals surface area (Å²) < 4.78 is 1.30. The first-order valence-corrected chi connectivity index (χ1v) is 5.88. The monoisotopic (exact) mass is 256 g/mol. The molecule has 1 N–H and O–H groups in total. The summed E-state index contributed by atoms with van der Waals surface area (Å²) in [6, 6.07) is 7.81. The molecule has 0 radical (unpaired) electrons. The summed E-state index contributed by atoms with van der Waals surface area (Å²) in [5.74, 6) is -0.197. The Morgan fingerprint density at radius 3 is 2.11 bits per heavy atom. The molecule has 0 saturated heterocycles. The molecule has 0 aliphatic carbocycles. The van der Waals surface area contributed by atoms with Crippen LogP contribution in [-0.4, -0.2) is 5.11 Å². The number of phenolic OH excluding ortho intramolecular Hbond substituents is 1. The lowest BCUT2D eigenvalue weighted by molar-refractivity contribution is -0.591. The maximum atomic E-state index is 12.3. The third-order valence-corrected chi connectivity index (χ3v) is 3.44. The minimum absolute atomic E-state index is 0.00625. The van der Waals surface area contributed by atoms with Gasteiger partial charge in [0.25, 0.3) is 16.6 Å². The molecule has 1 heterocycles. The highest BCUT2D eigenvalue weighted by atomic mass is 16.5. The first kappa shape index (κ1) is 11.5. The van der Waals surface area contributed by atoms with Gasteiger partial charge in [-0.2, -0.15) is 9.46 Å². The lowest BCUT2D eigenvalue weighted by Crippen LogP contribution is -2.39. The Bertz CT molecular complexity index is 828. The lowest BCUT2D eigenvalue weighted by Gasteiger charge is -2.09. The molecule has 0 amide bonds. The molecule has 0 saturated carbocycles. The van der Waals surface area contributed by atoms with Gasteiger partial charge in [-0.15, -0.1) is 0 Å². The Kier molecular flexibility index (Phi) is 2.25. The molecule has 5 heteroatoms. The van der Waals surface area contributed by atoms with Gasteiger partial charge in [-0.05, 0) is 31.0 Å². The number of phenols is 1. The highest BCUT2D eigenvalue weighted by Crippen LogP contribution is 2.22. The van der Waals surface area contributed by atoms with Crippen molar-refractivity contribution in [3.63, 3.8) is 0 Å². The predicted molar refractivity (Wildman–Crippen MR) is 70.5 cm³/mol. The van der Waals surface area contributed by atoms with Crippen LogP contribution in [0.15, 0.2) is 30.3 Å². The molecule has 0 bridgehead atoms. The Labute approximate surface area is 109 Å². The number of rotatable bonds is 0. The van der Waals surface area contributed by atoms with Crippen molar-refractivity contribution in [2.75, 3.05) is 0 Å². The molecule has 0 spiro atoms. The Morgan fingerprint density at radius 1 is 0.895 bits per heavy atom. The van der Waals surface area contributed by atoms with Gasteiger partial charge in [0.2, 0.25) is 0 Å². The van der Waals surface area contributed by atoms with Gasteiger partial charge in [-0.1, -0.05) is 6.07 Å². The van der Waals surface area contributed by atoms with E-state index in [4.69, 9.17) is 0 Å². The largest absolute Gasteiger partial charge is 0.617 e. The van der Waals surface area contributed by atoms with Crippen molar-refractivity contribution >= 4 is 22.1 Å². The molecule has 2 aromatic carbocycles. The van der Waals surface area contributed by atoms with Gasteiger partial charge >= 0.3 is 5.52 Å². The van der Waals surface area contributed by atoms with Crippen LogP contribution in [-0.2, 0) is 0 Å². The number of aromatic nitrogens is 2. The zero-order valence-corrected chi connectivity index (χ0v) is 10.5. The molecule has 96 valence electrons. The first-order valence-electron chi connectivity index (χ1n) is 5.88. The third kappa shape index (κ3) is 1.48. The van der Waals surface area contributed by atoms with Gasteiger partial charge < -0.3 is 15.5 Å². The molecule has 0 fully saturated rings. The van der Waals surface area contributed by atoms with E-state index in [1.165, 1.54) is 12.1 Å². The molecule has 0 atom stereocenters. The number of hydrogen-bond donors (Lipinski definition) is 1. The fourth-order valence-electron chi connectivity index (χ4n) is 2.25. The van der Waals surface area contributed by atoms with Crippen LogP contribution in [0.1, 0.15) is 11.1 Å². The zero-order valence-electron chi connectivity index (χ0n) is 10.5. The van der Waals surface area contributed by atoms with Crippen LogP contribution in [0.4, 0.5) is 0 Å². The molecule has 3 aromatic rings. The van der Waals surface area contributed by atoms with E-state index in [0.29, 0.717) is 15.0 Å². The molecule has 19 heavy (non-hydrogen) atoms. The van der Waals surface area contributed by atoms with Crippen molar-refractivity contribution < 1.29 is 14.6 Å². The predicted octanol–water partition coefficient (Wildman–Crippen LogP) is 1.58. The number of hydrogen-bond acceptors (Lipinski definition) is 3. The van der Waals surface area contributed by atoms with Crippen molar-refractivity contribution in [2.24, 2.45) is 0 Å². The summed E-state index contributed by atoms with van der Waals surface area (Å²) in [6.07, 6.45) is 0. The number of para-hydroxylation sites is 1. The highest BCUT2D eigenvalue weighted by Gasteiger charge is 2.24. The van der Waals surface area contributed by atoms with Crippen LogP contribution in [0.5, 0.6) is 5.75 Å². The quantitative estimate of drug-likeness (QED) is 0.377. The summed E-state index contributed by atoms with van der Waals surface area (Å²) in [6.45, 7) is 3.76. The molecule has 5 nitrogen and oxygen atoms in total. The van der Waals surface area contributed by atoms with Crippen LogP contribution < -0.4 is 9.46 Å². The topological polar surface area (TPSA) is 74.1 Å². The second-order valence-corrected chi connectivity index (χ2v) is 4.66. The maximum absolute atomic E-state index is 12.3. The van der Waals surface area contributed by atoms with Crippen molar-refractivity contribution in [3.8, 4) is 5.75 Å². The second-order valence-electron chi connectivity index (χ2n) is 4.66. The summed E-state index contributed by atoms with van der Waals surface area (Å²) >= 11 is 0. The molecule has 0 aliphatic heterocycles. The van der Waals surface area contributed by atoms with E-state index in [1.54, 1.807) is 18.2 Å². The van der Waals surface area contributed by atoms with E-state index in [-0.39, 0.29) is 22.3 Å². The third-order valence-electron chi connectivity index (χ3n) is 3.44. The lowest BCUT2D eigenvalue weighted by atomic mass is 10.1. The van der Waals surface area contributed by atoms with Gasteiger partial charge in [-0.3, -0.25) is 0 Å². The van der Waals surface area contributed by atoms with E-state index in [1.807, 2.05) is 13.8 Å². The summed E-state index contributed by atoms with van der Waals surface area (Å²) in [5, 5.41) is 34.4. The van der Waals surface area contributed by atoms with Crippen molar-refractivity contribution in [3.05, 3.63) is 51.9 Å². The second kappa shape index (κ2) is 3.71. The van der Waals surface area contributed by atoms with Crippen LogP contribution in [0.25, 0.3) is 22.1 Å². The molecular weight excluding hydrogens is 244 g/mol. The Morgan fingerprint density at radius 2 is 1.47 bits per heavy atom. The highest BCUT2D eigenvalue weighted by molar-refractivity contribution is 5.81. The average molecular weight is 256 g/mol. The summed E-state index contributed by atoms with van der Waals surface area (Å²) in [4.78, 5) is 0. The van der Waals surface area contributed by atoms with Crippen LogP contribution in [0, 0.1) is 24.3 Å². The average Bonchev–Trinajstić information content (AvgIpc) is 2.38. The van der Waals surface area contributed by atoms with Gasteiger partial charge in [-0.25, -0.2) is 0 Å². The number of aromatic hydroxyl groups is 1. The first-order chi connectivity index (χ1) is 9.00. The normalized spacial score (nSPS) is 11.3. The fraction of sp³-hybridized carbons (Fsp3) is 0.143. The summed E-state index contributed by atoms with van der Waals surface area (Å²) in [7, 11) is 0. The van der Waals surface area contributed by atoms with Gasteiger partial charge in [0, 0.05) is 18.2 Å². The zero-order chi connectivity index (χ0) is 13.7. The fourth-order valence-corrected chi connectivity index (χ4v) is 2.25. The van der Waals surface area contributed by atoms with E-state index in [0.717, 1.165) is 11.1 Å². The van der Waals surface area contributed by atoms with Crippen molar-refractivity contribution in [1.29, 1.82) is 0 Å². The smallest absolute Gasteiger partial charge is 0.332 e. The summed E-state index contributed by atoms with van der Waals surface area (Å²) in [5.41, 5.74) is 2.57. The molecule has 0 unspecified atom stereocenters. The Hall–Kier alpha value is -2.56. The van der Waals surface area contributed by atoms with Crippen LogP contribution >= 0.6 is 0 Å². The van der Waals surface area contributed by atoms with Crippen LogP contribution in [0.3, 0.4) is 0 Å². The minimum atomic E-state index is -0.197. The standard InChI is InChI=1S/C14H12N2O3/c1-8-6-11-12(7-9(8)2)16(19)14-10(15(11)18)4-3-5-13(14)17/h3-7,17H,1-2H3. The number of fused-ring (bicyclic) bond motifs is 2. The van der Waals surface area contributed by atoms with Crippen LogP contribution in [0.2, 0.25) is 0 Å². The number of nitrogens with zero attached hydrogens (tertiary/aromatic N) is 2. The van der Waals surface area contributed by atoms with Gasteiger partial charge in [0.15, 0.2) is 5.75 Å². The Balaban J connectivity index is 2.65. The maximum Gasteiger partial charge on any atom is 0.332 e. The molecular formula is C14H12N2O3. The van der Waals surface area contributed by atoms with Crippen molar-refractivity contribution in [1.82, 2.24) is 0 Å². The van der Waals surface area contributed by atoms with E-state index >= 15 is 0 Å². The van der Waals surface area contributed by atoms with Gasteiger partial charge in [0.05, 0.1) is 0 Å². The van der Waals surface area contributed by atoms with E-state index < -0.39 is 0 Å². The molecule has 3 rings (SSSR count). The number of aryl methyl sites for hydroxylation is 2. The molecule has 0 aliphatic rings. The minimum Gasteiger partial charge on any atom is -0.617 e. The van der Waals surface area contributed by atoms with E-state index in [9.17, 15) is 15.5 Å². The van der Waals surface area contributed by atoms with Crippen molar-refractivity contribution in [2.45, 2.75) is 13.8 Å².